The molecule has 22 heavy (non-hydrogen) atoms. The van der Waals surface area contributed by atoms with Gasteiger partial charge in [-0.05, 0) is 55.2 Å². The molecule has 0 saturated heterocycles. The summed E-state index contributed by atoms with van der Waals surface area (Å²) in [5, 5.41) is 10.1. The van der Waals surface area contributed by atoms with Gasteiger partial charge in [0.25, 0.3) is 0 Å². The highest BCUT2D eigenvalue weighted by Crippen LogP contribution is 2.25. The van der Waals surface area contributed by atoms with Gasteiger partial charge in [-0.3, -0.25) is 4.79 Å². The molecule has 0 spiro atoms. The Bertz CT molecular complexity index is 622. The molecule has 0 heterocycles. The number of carboxylic acid groups (broad SMARTS) is 1. The Morgan fingerprint density at radius 1 is 1.18 bits per heavy atom. The first kappa shape index (κ1) is 16.4. The van der Waals surface area contributed by atoms with E-state index >= 15 is 0 Å². The van der Waals surface area contributed by atoms with Gasteiger partial charge in [-0.15, -0.1) is 0 Å². The fraction of sp³-hybridized carbons (Fsp3) is 0.278. The number of hydrogen-bond acceptors (Lipinski definition) is 2. The molecule has 1 atom stereocenters. The number of carbonyl (C=O) groups is 1. The van der Waals surface area contributed by atoms with Crippen molar-refractivity contribution < 1.29 is 14.6 Å². The predicted molar refractivity (Wildman–Crippen MR) is 87.7 cm³/mol. The van der Waals surface area contributed by atoms with Crippen molar-refractivity contribution in [2.24, 2.45) is 0 Å². The molecule has 4 heteroatoms. The third-order valence-corrected chi connectivity index (χ3v) is 3.83. The van der Waals surface area contributed by atoms with Gasteiger partial charge in [-0.1, -0.05) is 35.9 Å². The molecule has 2 aromatic rings. The van der Waals surface area contributed by atoms with Crippen molar-refractivity contribution in [1.82, 2.24) is 0 Å². The van der Waals surface area contributed by atoms with E-state index in [1.54, 1.807) is 24.3 Å². The zero-order valence-electron chi connectivity index (χ0n) is 12.5. The van der Waals surface area contributed by atoms with E-state index in [-0.39, 0.29) is 0 Å². The number of halogens is 1. The lowest BCUT2D eigenvalue weighted by atomic mass is 9.91. The van der Waals surface area contributed by atoms with Crippen LogP contribution in [-0.2, 0) is 4.79 Å². The molecule has 0 saturated carbocycles. The zero-order valence-corrected chi connectivity index (χ0v) is 13.2. The van der Waals surface area contributed by atoms with Crippen molar-refractivity contribution >= 4 is 17.6 Å². The molecule has 3 nitrogen and oxygen atoms in total. The molecule has 0 aromatic heterocycles. The molecule has 0 fully saturated rings. The normalized spacial score (nSPS) is 11.9. The Labute approximate surface area is 135 Å². The Morgan fingerprint density at radius 3 is 2.50 bits per heavy atom. The third kappa shape index (κ3) is 4.50. The van der Waals surface area contributed by atoms with Crippen LogP contribution in [0.2, 0.25) is 5.02 Å². The lowest BCUT2D eigenvalue weighted by Crippen LogP contribution is -2.14. The average molecular weight is 319 g/mol. The molecule has 1 unspecified atom stereocenters. The fourth-order valence-corrected chi connectivity index (χ4v) is 2.52. The summed E-state index contributed by atoms with van der Waals surface area (Å²) < 4.78 is 5.61. The second-order valence-corrected chi connectivity index (χ2v) is 5.63. The number of hydrogen-bond donors (Lipinski definition) is 1. The maximum Gasteiger partial charge on any atom is 0.310 e. The summed E-state index contributed by atoms with van der Waals surface area (Å²) in [4.78, 5) is 11.5. The van der Waals surface area contributed by atoms with Crippen LogP contribution in [0.1, 0.15) is 29.9 Å². The average Bonchev–Trinajstić information content (AvgIpc) is 2.50. The van der Waals surface area contributed by atoms with E-state index < -0.39 is 11.9 Å². The van der Waals surface area contributed by atoms with Crippen LogP contribution in [0.4, 0.5) is 0 Å². The van der Waals surface area contributed by atoms with Gasteiger partial charge < -0.3 is 9.84 Å². The molecule has 2 rings (SSSR count). The SMILES string of the molecule is Cc1ccccc1C(CCCOc1ccc(Cl)cc1)C(=O)O. The maximum atomic E-state index is 11.5. The van der Waals surface area contributed by atoms with Crippen LogP contribution in [0.15, 0.2) is 48.5 Å². The van der Waals surface area contributed by atoms with E-state index in [0.717, 1.165) is 16.9 Å². The second-order valence-electron chi connectivity index (χ2n) is 5.19. The van der Waals surface area contributed by atoms with E-state index in [9.17, 15) is 9.90 Å². The van der Waals surface area contributed by atoms with Crippen LogP contribution < -0.4 is 4.74 Å². The van der Waals surface area contributed by atoms with Crippen molar-refractivity contribution in [3.05, 3.63) is 64.7 Å². The first-order chi connectivity index (χ1) is 10.6. The summed E-state index contributed by atoms with van der Waals surface area (Å²) in [7, 11) is 0. The largest absolute Gasteiger partial charge is 0.494 e. The predicted octanol–water partition coefficient (Wildman–Crippen LogP) is 4.68. The molecule has 0 aliphatic heterocycles. The summed E-state index contributed by atoms with van der Waals surface area (Å²) >= 11 is 5.81. The van der Waals surface area contributed by atoms with Crippen LogP contribution in [0.5, 0.6) is 5.75 Å². The number of aryl methyl sites for hydroxylation is 1. The van der Waals surface area contributed by atoms with E-state index in [1.807, 2.05) is 31.2 Å². The van der Waals surface area contributed by atoms with Gasteiger partial charge in [0.05, 0.1) is 12.5 Å². The molecule has 1 N–H and O–H groups in total. The van der Waals surface area contributed by atoms with E-state index in [1.165, 1.54) is 0 Å². The van der Waals surface area contributed by atoms with Crippen molar-refractivity contribution in [3.8, 4) is 5.75 Å². The first-order valence-corrected chi connectivity index (χ1v) is 7.62. The summed E-state index contributed by atoms with van der Waals surface area (Å²) in [6.07, 6.45) is 1.22. The van der Waals surface area contributed by atoms with Crippen LogP contribution >= 0.6 is 11.6 Å². The van der Waals surface area contributed by atoms with Gasteiger partial charge in [-0.25, -0.2) is 0 Å². The van der Waals surface area contributed by atoms with Crippen molar-refractivity contribution in [3.63, 3.8) is 0 Å². The van der Waals surface area contributed by atoms with Gasteiger partial charge in [-0.2, -0.15) is 0 Å². The summed E-state index contributed by atoms with van der Waals surface area (Å²) in [6, 6.07) is 14.8. The number of rotatable bonds is 7. The molecule has 116 valence electrons. The summed E-state index contributed by atoms with van der Waals surface area (Å²) in [5.41, 5.74) is 1.88. The highest BCUT2D eigenvalue weighted by atomic mass is 35.5. The van der Waals surface area contributed by atoms with Crippen molar-refractivity contribution in [2.45, 2.75) is 25.7 Å². The Morgan fingerprint density at radius 2 is 1.86 bits per heavy atom. The molecular formula is C18H19ClO3. The lowest BCUT2D eigenvalue weighted by molar-refractivity contribution is -0.139. The Balaban J connectivity index is 1.89. The molecule has 0 amide bonds. The Kier molecular flexibility index (Phi) is 5.84. The van der Waals surface area contributed by atoms with Gasteiger partial charge in [0, 0.05) is 5.02 Å². The second kappa shape index (κ2) is 7.85. The highest BCUT2D eigenvalue weighted by molar-refractivity contribution is 6.30. The monoisotopic (exact) mass is 318 g/mol. The molecular weight excluding hydrogens is 300 g/mol. The van der Waals surface area contributed by atoms with Gasteiger partial charge in [0.2, 0.25) is 0 Å². The van der Waals surface area contributed by atoms with Crippen LogP contribution in [0, 0.1) is 6.92 Å². The minimum atomic E-state index is -0.791. The molecule has 0 aliphatic rings. The van der Waals surface area contributed by atoms with Crippen molar-refractivity contribution in [1.29, 1.82) is 0 Å². The molecule has 0 aliphatic carbocycles. The number of benzene rings is 2. The molecule has 0 bridgehead atoms. The maximum absolute atomic E-state index is 11.5. The van der Waals surface area contributed by atoms with E-state index in [0.29, 0.717) is 24.5 Å². The van der Waals surface area contributed by atoms with Crippen LogP contribution in [0.3, 0.4) is 0 Å². The van der Waals surface area contributed by atoms with Crippen LogP contribution in [0.25, 0.3) is 0 Å². The standard InChI is InChI=1S/C18H19ClO3/c1-13-5-2-3-6-16(13)17(18(20)21)7-4-12-22-15-10-8-14(19)9-11-15/h2-3,5-6,8-11,17H,4,7,12H2,1H3,(H,20,21). The molecule has 0 radical (unpaired) electrons. The van der Waals surface area contributed by atoms with Gasteiger partial charge >= 0.3 is 5.97 Å². The topological polar surface area (TPSA) is 46.5 Å². The zero-order chi connectivity index (χ0) is 15.9. The van der Waals surface area contributed by atoms with Gasteiger partial charge in [0.1, 0.15) is 5.75 Å². The summed E-state index contributed by atoms with van der Waals surface area (Å²) in [6.45, 7) is 2.42. The third-order valence-electron chi connectivity index (χ3n) is 3.58. The Hall–Kier alpha value is -2.00. The first-order valence-electron chi connectivity index (χ1n) is 7.24. The van der Waals surface area contributed by atoms with Crippen LogP contribution in [-0.4, -0.2) is 17.7 Å². The smallest absolute Gasteiger partial charge is 0.310 e. The highest BCUT2D eigenvalue weighted by Gasteiger charge is 2.20. The number of aliphatic carboxylic acids is 1. The van der Waals surface area contributed by atoms with Gasteiger partial charge in [0.15, 0.2) is 0 Å². The van der Waals surface area contributed by atoms with E-state index in [4.69, 9.17) is 16.3 Å². The van der Waals surface area contributed by atoms with E-state index in [2.05, 4.69) is 0 Å². The minimum Gasteiger partial charge on any atom is -0.494 e. The minimum absolute atomic E-state index is 0.483. The lowest BCUT2D eigenvalue weighted by Gasteiger charge is -2.15. The quantitative estimate of drug-likeness (QED) is 0.754. The number of ether oxygens (including phenoxy) is 1. The fourth-order valence-electron chi connectivity index (χ4n) is 2.40. The van der Waals surface area contributed by atoms with Crippen molar-refractivity contribution in [2.75, 3.05) is 6.61 Å². The number of carboxylic acids is 1. The molecule has 2 aromatic carbocycles. The summed E-state index contributed by atoms with van der Waals surface area (Å²) in [5.74, 6) is -0.539.